The quantitative estimate of drug-likeness (QED) is 0.806. The van der Waals surface area contributed by atoms with Gasteiger partial charge in [0.25, 0.3) is 0 Å². The summed E-state index contributed by atoms with van der Waals surface area (Å²) in [4.78, 5) is 12.1. The lowest BCUT2D eigenvalue weighted by atomic mass is 9.65. The van der Waals surface area contributed by atoms with Gasteiger partial charge >= 0.3 is 5.97 Å². The number of cyclic esters (lactones) is 1. The Balaban J connectivity index is 1.74. The number of fused-ring (bicyclic) bond motifs is 3. The average molecular weight is 314 g/mol. The van der Waals surface area contributed by atoms with Gasteiger partial charge in [-0.15, -0.1) is 0 Å². The number of ether oxygens (including phenoxy) is 3. The van der Waals surface area contributed by atoms with Crippen molar-refractivity contribution in [3.8, 4) is 11.5 Å². The number of rotatable bonds is 1. The second-order valence-electron chi connectivity index (χ2n) is 6.24. The molecule has 3 heterocycles. The van der Waals surface area contributed by atoms with Crippen molar-refractivity contribution in [3.05, 3.63) is 47.4 Å². The number of esters is 1. The Labute approximate surface area is 131 Å². The third-order valence-electron chi connectivity index (χ3n) is 5.09. The Morgan fingerprint density at radius 1 is 1.17 bits per heavy atom. The predicted octanol–water partition coefficient (Wildman–Crippen LogP) is 1.60. The van der Waals surface area contributed by atoms with E-state index in [-0.39, 0.29) is 31.7 Å². The van der Waals surface area contributed by atoms with Crippen LogP contribution in [0.4, 0.5) is 0 Å². The zero-order chi connectivity index (χ0) is 15.6. The molecule has 0 bridgehead atoms. The number of carbonyl (C=O) groups is 1. The van der Waals surface area contributed by atoms with E-state index >= 15 is 0 Å². The maximum absolute atomic E-state index is 12.1. The first-order chi connectivity index (χ1) is 11.2. The van der Waals surface area contributed by atoms with Gasteiger partial charge in [0.2, 0.25) is 6.79 Å². The Morgan fingerprint density at radius 3 is 2.78 bits per heavy atom. The molecule has 1 saturated heterocycles. The molecule has 118 valence electrons. The highest BCUT2D eigenvalue weighted by molar-refractivity contribution is 5.83. The summed E-state index contributed by atoms with van der Waals surface area (Å²) in [6, 6.07) is 5.65. The van der Waals surface area contributed by atoms with Crippen molar-refractivity contribution < 1.29 is 28.5 Å². The van der Waals surface area contributed by atoms with Gasteiger partial charge in [-0.2, -0.15) is 0 Å². The first-order valence-corrected chi connectivity index (χ1v) is 7.51. The molecule has 1 fully saturated rings. The lowest BCUT2D eigenvalue weighted by molar-refractivity contribution is -0.154. The Hall–Kier alpha value is -2.47. The van der Waals surface area contributed by atoms with Crippen molar-refractivity contribution in [2.45, 2.75) is 17.9 Å². The minimum absolute atomic E-state index is 0.185. The number of benzene rings is 1. The molecule has 1 aromatic carbocycles. The van der Waals surface area contributed by atoms with Crippen molar-refractivity contribution in [2.75, 3.05) is 13.4 Å². The first kappa shape index (κ1) is 13.0. The van der Waals surface area contributed by atoms with Crippen molar-refractivity contribution in [1.29, 1.82) is 0 Å². The number of carbonyl (C=O) groups excluding carboxylic acids is 1. The first-order valence-electron chi connectivity index (χ1n) is 7.51. The third kappa shape index (κ3) is 1.64. The Bertz CT molecular complexity index is 796. The molecular formula is C17H14O6. The summed E-state index contributed by atoms with van der Waals surface area (Å²) >= 11 is 0. The summed E-state index contributed by atoms with van der Waals surface area (Å²) in [5.74, 6) is 0.235. The van der Waals surface area contributed by atoms with Crippen molar-refractivity contribution in [1.82, 2.24) is 0 Å². The highest BCUT2D eigenvalue weighted by Crippen LogP contribution is 2.51. The zero-order valence-corrected chi connectivity index (χ0v) is 12.2. The number of aliphatic hydroxyl groups is 1. The highest BCUT2D eigenvalue weighted by atomic mass is 16.7. The Kier molecular flexibility index (Phi) is 2.43. The zero-order valence-electron chi connectivity index (χ0n) is 12.2. The summed E-state index contributed by atoms with van der Waals surface area (Å²) in [6.45, 7) is 0.378. The fourth-order valence-corrected chi connectivity index (χ4v) is 3.97. The van der Waals surface area contributed by atoms with Gasteiger partial charge in [-0.3, -0.25) is 0 Å². The molecule has 1 aromatic heterocycles. The molecule has 3 aliphatic rings. The minimum Gasteiger partial charge on any atom is -0.472 e. The van der Waals surface area contributed by atoms with Crippen molar-refractivity contribution in [2.24, 2.45) is 5.92 Å². The molecule has 0 amide bonds. The highest BCUT2D eigenvalue weighted by Gasteiger charge is 2.58. The van der Waals surface area contributed by atoms with Gasteiger partial charge in [0.1, 0.15) is 0 Å². The lowest BCUT2D eigenvalue weighted by Crippen LogP contribution is -2.48. The minimum atomic E-state index is -1.51. The molecule has 1 aliphatic carbocycles. The topological polar surface area (TPSA) is 78.1 Å². The largest absolute Gasteiger partial charge is 0.472 e. The molecular weight excluding hydrogens is 300 g/mol. The van der Waals surface area contributed by atoms with E-state index in [0.29, 0.717) is 11.5 Å². The third-order valence-corrected chi connectivity index (χ3v) is 5.09. The summed E-state index contributed by atoms with van der Waals surface area (Å²) in [5.41, 5.74) is 1.29. The van der Waals surface area contributed by atoms with E-state index in [1.165, 1.54) is 0 Å². The summed E-state index contributed by atoms with van der Waals surface area (Å²) < 4.78 is 21.3. The van der Waals surface area contributed by atoms with E-state index < -0.39 is 11.6 Å². The molecule has 2 aliphatic heterocycles. The number of hydrogen-bond acceptors (Lipinski definition) is 6. The standard InChI is InChI=1S/C17H14O6/c18-16-17(19)5-10-3-13-14(23-8-22-13)4-11(10)15(12(17)7-21-16)9-1-2-20-6-9/h1-4,6,12,15,19H,5,7-8H2/t12-,15+,17+/m1/s1. The second kappa shape index (κ2) is 4.29. The summed E-state index contributed by atoms with van der Waals surface area (Å²) in [7, 11) is 0. The maximum atomic E-state index is 12.1. The molecule has 0 unspecified atom stereocenters. The van der Waals surface area contributed by atoms with Gasteiger partial charge in [0, 0.05) is 18.3 Å². The molecule has 0 radical (unpaired) electrons. The maximum Gasteiger partial charge on any atom is 0.338 e. The van der Waals surface area contributed by atoms with Crippen LogP contribution in [0.5, 0.6) is 11.5 Å². The summed E-state index contributed by atoms with van der Waals surface area (Å²) in [5, 5.41) is 11.0. The second-order valence-corrected chi connectivity index (χ2v) is 6.24. The summed E-state index contributed by atoms with van der Waals surface area (Å²) in [6.07, 6.45) is 3.46. The molecule has 5 rings (SSSR count). The molecule has 6 nitrogen and oxygen atoms in total. The lowest BCUT2D eigenvalue weighted by Gasteiger charge is -2.38. The molecule has 6 heteroatoms. The van der Waals surface area contributed by atoms with Crippen LogP contribution in [0.25, 0.3) is 0 Å². The van der Waals surface area contributed by atoms with Gasteiger partial charge in [-0.25, -0.2) is 4.79 Å². The van der Waals surface area contributed by atoms with Crippen LogP contribution in [0.3, 0.4) is 0 Å². The smallest absolute Gasteiger partial charge is 0.338 e. The normalized spacial score (nSPS) is 30.7. The molecule has 1 N–H and O–H groups in total. The van der Waals surface area contributed by atoms with E-state index in [2.05, 4.69) is 0 Å². The van der Waals surface area contributed by atoms with E-state index in [4.69, 9.17) is 18.6 Å². The van der Waals surface area contributed by atoms with Crippen molar-refractivity contribution in [3.63, 3.8) is 0 Å². The van der Waals surface area contributed by atoms with Crippen molar-refractivity contribution >= 4 is 5.97 Å². The number of furan rings is 1. The van der Waals surface area contributed by atoms with Crippen LogP contribution in [-0.2, 0) is 16.0 Å². The fraction of sp³-hybridized carbons (Fsp3) is 0.353. The van der Waals surface area contributed by atoms with E-state index in [0.717, 1.165) is 16.7 Å². The van der Waals surface area contributed by atoms with E-state index in [1.54, 1.807) is 12.5 Å². The van der Waals surface area contributed by atoms with Gasteiger partial charge in [0.05, 0.1) is 19.1 Å². The van der Waals surface area contributed by atoms with Gasteiger partial charge < -0.3 is 23.7 Å². The Morgan fingerprint density at radius 2 is 2.00 bits per heavy atom. The number of hydrogen-bond donors (Lipinski definition) is 1. The van der Waals surface area contributed by atoms with Gasteiger partial charge in [-0.1, -0.05) is 0 Å². The van der Waals surface area contributed by atoms with Crippen LogP contribution in [0, 0.1) is 5.92 Å². The molecule has 0 saturated carbocycles. The fourth-order valence-electron chi connectivity index (χ4n) is 3.97. The molecule has 2 aromatic rings. The van der Waals surface area contributed by atoms with Gasteiger partial charge in [0.15, 0.2) is 17.1 Å². The van der Waals surface area contributed by atoms with Crippen LogP contribution in [-0.4, -0.2) is 30.1 Å². The molecule has 0 spiro atoms. The van der Waals surface area contributed by atoms with Crippen LogP contribution >= 0.6 is 0 Å². The SMILES string of the molecule is O=C1OC[C@@H]2[C@@H](c3ccoc3)c3cc4c(cc3C[C@@]12O)OCO4. The van der Waals surface area contributed by atoms with E-state index in [9.17, 15) is 9.90 Å². The van der Waals surface area contributed by atoms with Crippen LogP contribution < -0.4 is 9.47 Å². The predicted molar refractivity (Wildman–Crippen MR) is 76.2 cm³/mol. The van der Waals surface area contributed by atoms with E-state index in [1.807, 2.05) is 18.2 Å². The molecule has 23 heavy (non-hydrogen) atoms. The average Bonchev–Trinajstić information content (AvgIpc) is 3.25. The van der Waals surface area contributed by atoms with Crippen LogP contribution in [0.15, 0.2) is 35.1 Å². The van der Waals surface area contributed by atoms with Gasteiger partial charge in [-0.05, 0) is 34.9 Å². The van der Waals surface area contributed by atoms with Crippen LogP contribution in [0.2, 0.25) is 0 Å². The molecule has 3 atom stereocenters. The monoisotopic (exact) mass is 314 g/mol. The van der Waals surface area contributed by atoms with Crippen LogP contribution in [0.1, 0.15) is 22.6 Å².